The number of rotatable bonds is 4. The molecule has 0 bridgehead atoms. The lowest BCUT2D eigenvalue weighted by molar-refractivity contribution is 0.0819. The van der Waals surface area contributed by atoms with E-state index in [1.165, 1.54) is 18.9 Å². The van der Waals surface area contributed by atoms with Crippen LogP contribution in [0.5, 0.6) is 0 Å². The molecule has 1 atom stereocenters. The standard InChI is InChI=1S/C16H25F2N3/c1-16(2,21-9-5-3-4-6-10-21)15(20-19)13-11-12(17)7-8-14(13)18/h7-8,11,15,20H,3-6,9-10,19H2,1-2H3. The number of nitrogens with zero attached hydrogens (tertiary/aromatic N) is 1. The number of halogens is 2. The Hall–Kier alpha value is -1.04. The van der Waals surface area contributed by atoms with Gasteiger partial charge in [0.2, 0.25) is 0 Å². The summed E-state index contributed by atoms with van der Waals surface area (Å²) in [5, 5.41) is 0. The van der Waals surface area contributed by atoms with Gasteiger partial charge >= 0.3 is 0 Å². The van der Waals surface area contributed by atoms with E-state index in [0.717, 1.165) is 38.1 Å². The first-order valence-corrected chi connectivity index (χ1v) is 7.63. The van der Waals surface area contributed by atoms with Gasteiger partial charge in [-0.1, -0.05) is 12.8 Å². The molecular weight excluding hydrogens is 272 g/mol. The summed E-state index contributed by atoms with van der Waals surface area (Å²) in [6, 6.07) is 3.06. The highest BCUT2D eigenvalue weighted by Gasteiger charge is 2.37. The second-order valence-electron chi connectivity index (χ2n) is 6.32. The molecule has 1 aromatic rings. The molecule has 2 rings (SSSR count). The van der Waals surface area contributed by atoms with Crippen molar-refractivity contribution >= 4 is 0 Å². The minimum absolute atomic E-state index is 0.284. The summed E-state index contributed by atoms with van der Waals surface area (Å²) < 4.78 is 27.6. The zero-order valence-corrected chi connectivity index (χ0v) is 12.8. The monoisotopic (exact) mass is 297 g/mol. The zero-order valence-electron chi connectivity index (χ0n) is 12.8. The quantitative estimate of drug-likeness (QED) is 0.663. The summed E-state index contributed by atoms with van der Waals surface area (Å²) in [5.74, 6) is 4.82. The Morgan fingerprint density at radius 2 is 1.76 bits per heavy atom. The number of nitrogens with two attached hydrogens (primary N) is 1. The molecule has 0 amide bonds. The van der Waals surface area contributed by atoms with Crippen LogP contribution in [-0.2, 0) is 0 Å². The van der Waals surface area contributed by atoms with Gasteiger partial charge in [0.25, 0.3) is 0 Å². The maximum Gasteiger partial charge on any atom is 0.128 e. The second kappa shape index (κ2) is 6.81. The molecule has 3 nitrogen and oxygen atoms in total. The number of nitrogens with one attached hydrogen (secondary N) is 1. The predicted molar refractivity (Wildman–Crippen MR) is 80.5 cm³/mol. The molecule has 0 radical (unpaired) electrons. The van der Waals surface area contributed by atoms with E-state index in [1.807, 2.05) is 13.8 Å². The Morgan fingerprint density at radius 3 is 2.33 bits per heavy atom. The topological polar surface area (TPSA) is 41.3 Å². The van der Waals surface area contributed by atoms with Crippen LogP contribution in [-0.4, -0.2) is 23.5 Å². The van der Waals surface area contributed by atoms with Gasteiger partial charge in [-0.15, -0.1) is 0 Å². The van der Waals surface area contributed by atoms with Crippen molar-refractivity contribution < 1.29 is 8.78 Å². The third-order valence-corrected chi connectivity index (χ3v) is 4.56. The first-order valence-electron chi connectivity index (χ1n) is 7.63. The largest absolute Gasteiger partial charge is 0.296 e. The maximum atomic E-state index is 14.1. The van der Waals surface area contributed by atoms with E-state index in [2.05, 4.69) is 10.3 Å². The molecular formula is C16H25F2N3. The Balaban J connectivity index is 2.31. The summed E-state index contributed by atoms with van der Waals surface area (Å²) in [7, 11) is 0. The molecule has 1 aliphatic rings. The molecule has 1 heterocycles. The van der Waals surface area contributed by atoms with Crippen molar-refractivity contribution in [2.75, 3.05) is 13.1 Å². The number of hydrazine groups is 1. The van der Waals surface area contributed by atoms with Crippen LogP contribution in [0.2, 0.25) is 0 Å². The number of hydrogen-bond acceptors (Lipinski definition) is 3. The molecule has 5 heteroatoms. The average molecular weight is 297 g/mol. The van der Waals surface area contributed by atoms with E-state index >= 15 is 0 Å². The molecule has 1 unspecified atom stereocenters. The Bertz CT molecular complexity index is 469. The van der Waals surface area contributed by atoms with E-state index in [-0.39, 0.29) is 5.56 Å². The maximum absolute atomic E-state index is 14.1. The van der Waals surface area contributed by atoms with Crippen LogP contribution in [0.3, 0.4) is 0 Å². The first-order chi connectivity index (χ1) is 9.96. The fourth-order valence-electron chi connectivity index (χ4n) is 3.24. The van der Waals surface area contributed by atoms with Gasteiger partial charge in [-0.25, -0.2) is 8.78 Å². The van der Waals surface area contributed by atoms with Crippen molar-refractivity contribution in [2.24, 2.45) is 5.84 Å². The highest BCUT2D eigenvalue weighted by Crippen LogP contribution is 2.33. The Kier molecular flexibility index (Phi) is 5.30. The molecule has 0 saturated carbocycles. The third-order valence-electron chi connectivity index (χ3n) is 4.56. The molecule has 0 spiro atoms. The van der Waals surface area contributed by atoms with Crippen molar-refractivity contribution in [1.29, 1.82) is 0 Å². The third kappa shape index (κ3) is 3.59. The van der Waals surface area contributed by atoms with E-state index in [9.17, 15) is 8.78 Å². The van der Waals surface area contributed by atoms with Crippen LogP contribution in [0.4, 0.5) is 8.78 Å². The number of hydrogen-bond donors (Lipinski definition) is 2. The summed E-state index contributed by atoms with van der Waals surface area (Å²) in [6.45, 7) is 5.99. The number of benzene rings is 1. The summed E-state index contributed by atoms with van der Waals surface area (Å²) in [4.78, 5) is 2.33. The van der Waals surface area contributed by atoms with Crippen LogP contribution in [0.1, 0.15) is 51.1 Å². The van der Waals surface area contributed by atoms with E-state index in [4.69, 9.17) is 5.84 Å². The van der Waals surface area contributed by atoms with Crippen molar-refractivity contribution in [2.45, 2.75) is 51.1 Å². The van der Waals surface area contributed by atoms with Crippen molar-refractivity contribution in [3.05, 3.63) is 35.4 Å². The summed E-state index contributed by atoms with van der Waals surface area (Å²) in [5.41, 5.74) is 2.58. The fourth-order valence-corrected chi connectivity index (χ4v) is 3.24. The lowest BCUT2D eigenvalue weighted by Gasteiger charge is -2.44. The predicted octanol–water partition coefficient (Wildman–Crippen LogP) is 3.12. The molecule has 118 valence electrons. The SMILES string of the molecule is CC(C)(C(NN)c1cc(F)ccc1F)N1CCCCCC1. The molecule has 21 heavy (non-hydrogen) atoms. The number of likely N-dealkylation sites (tertiary alicyclic amines) is 1. The summed E-state index contributed by atoms with van der Waals surface area (Å²) >= 11 is 0. The van der Waals surface area contributed by atoms with Crippen molar-refractivity contribution in [3.63, 3.8) is 0 Å². The zero-order chi connectivity index (χ0) is 15.5. The second-order valence-corrected chi connectivity index (χ2v) is 6.32. The molecule has 0 aromatic heterocycles. The Morgan fingerprint density at radius 1 is 1.14 bits per heavy atom. The summed E-state index contributed by atoms with van der Waals surface area (Å²) in [6.07, 6.45) is 4.71. The van der Waals surface area contributed by atoms with E-state index in [0.29, 0.717) is 0 Å². The minimum Gasteiger partial charge on any atom is -0.296 e. The molecule has 1 aliphatic heterocycles. The normalized spacial score (nSPS) is 19.3. The van der Waals surface area contributed by atoms with Crippen LogP contribution in [0.25, 0.3) is 0 Å². The van der Waals surface area contributed by atoms with Gasteiger partial charge in [0, 0.05) is 11.1 Å². The van der Waals surface area contributed by atoms with Gasteiger partial charge in [-0.05, 0) is 58.0 Å². The van der Waals surface area contributed by atoms with E-state index in [1.54, 1.807) is 0 Å². The van der Waals surface area contributed by atoms with E-state index < -0.39 is 23.2 Å². The lowest BCUT2D eigenvalue weighted by Crippen LogP contribution is -2.54. The van der Waals surface area contributed by atoms with Crippen LogP contribution >= 0.6 is 0 Å². The minimum atomic E-state index is -0.466. The molecule has 3 N–H and O–H groups in total. The first kappa shape index (κ1) is 16.3. The van der Waals surface area contributed by atoms with Crippen molar-refractivity contribution in [1.82, 2.24) is 10.3 Å². The molecule has 0 aliphatic carbocycles. The fraction of sp³-hybridized carbons (Fsp3) is 0.625. The van der Waals surface area contributed by atoms with Crippen LogP contribution in [0.15, 0.2) is 18.2 Å². The highest BCUT2D eigenvalue weighted by molar-refractivity contribution is 5.25. The Labute approximate surface area is 125 Å². The smallest absolute Gasteiger partial charge is 0.128 e. The van der Waals surface area contributed by atoms with Crippen molar-refractivity contribution in [3.8, 4) is 0 Å². The van der Waals surface area contributed by atoms with Gasteiger partial charge in [0.1, 0.15) is 11.6 Å². The molecule has 1 fully saturated rings. The molecule has 1 aromatic carbocycles. The van der Waals surface area contributed by atoms with Gasteiger partial charge < -0.3 is 0 Å². The van der Waals surface area contributed by atoms with Crippen LogP contribution in [0, 0.1) is 11.6 Å². The lowest BCUT2D eigenvalue weighted by atomic mass is 9.86. The molecule has 1 saturated heterocycles. The van der Waals surface area contributed by atoms with Gasteiger partial charge in [0.05, 0.1) is 6.04 Å². The van der Waals surface area contributed by atoms with Gasteiger partial charge in [0.15, 0.2) is 0 Å². The van der Waals surface area contributed by atoms with Gasteiger partial charge in [-0.3, -0.25) is 16.2 Å². The average Bonchev–Trinajstić information content (AvgIpc) is 2.72. The van der Waals surface area contributed by atoms with Gasteiger partial charge in [-0.2, -0.15) is 0 Å². The highest BCUT2D eigenvalue weighted by atomic mass is 19.1. The van der Waals surface area contributed by atoms with Crippen LogP contribution < -0.4 is 11.3 Å².